The van der Waals surface area contributed by atoms with Gasteiger partial charge in [0.25, 0.3) is 5.56 Å². The molecule has 2 fully saturated rings. The average molecular weight is 405 g/mol. The first-order valence-corrected chi connectivity index (χ1v) is 10.4. The summed E-state index contributed by atoms with van der Waals surface area (Å²) in [5.74, 6) is 0.894. The van der Waals surface area contributed by atoms with Gasteiger partial charge < -0.3 is 10.1 Å². The Bertz CT molecular complexity index is 1040. The molecular weight excluding hydrogens is 382 g/mol. The summed E-state index contributed by atoms with van der Waals surface area (Å²) < 4.78 is 7.92. The average Bonchev–Trinajstić information content (AvgIpc) is 3.42. The quantitative estimate of drug-likeness (QED) is 0.544. The van der Waals surface area contributed by atoms with Crippen LogP contribution in [0, 0.1) is 0 Å². The van der Waals surface area contributed by atoms with E-state index in [4.69, 9.17) is 4.74 Å². The molecule has 0 spiro atoms. The second-order valence-corrected chi connectivity index (χ2v) is 8.26. The highest BCUT2D eigenvalue weighted by Gasteiger charge is 2.29. The van der Waals surface area contributed by atoms with Crippen LogP contribution in [0.1, 0.15) is 37.4 Å². The second kappa shape index (κ2) is 7.67. The smallest absolute Gasteiger partial charge is 0.332 e. The Morgan fingerprint density at radius 1 is 1.21 bits per heavy atom. The number of nitrogens with zero attached hydrogens (tertiary/aromatic N) is 4. The first-order valence-electron chi connectivity index (χ1n) is 9.44. The van der Waals surface area contributed by atoms with Gasteiger partial charge in [0, 0.05) is 33.2 Å². The van der Waals surface area contributed by atoms with Crippen LogP contribution in [-0.2, 0) is 23.6 Å². The molecule has 1 aliphatic heterocycles. The molecular formula is C18H23N5O4S. The van der Waals surface area contributed by atoms with Crippen molar-refractivity contribution in [1.29, 1.82) is 0 Å². The number of rotatable bonds is 6. The lowest BCUT2D eigenvalue weighted by molar-refractivity contribution is -0.119. The molecule has 4 rings (SSSR count). The topological polar surface area (TPSA) is 108 Å². The molecule has 1 atom stereocenters. The number of nitrogens with one attached hydrogen (secondary N) is 1. The maximum absolute atomic E-state index is 12.7. The number of aryl methyl sites for hydroxylation is 1. The van der Waals surface area contributed by atoms with Gasteiger partial charge in [-0.25, -0.2) is 14.8 Å². The maximum atomic E-state index is 12.7. The van der Waals surface area contributed by atoms with Crippen LogP contribution in [0.3, 0.4) is 0 Å². The van der Waals surface area contributed by atoms with Crippen molar-refractivity contribution in [3.8, 4) is 0 Å². The summed E-state index contributed by atoms with van der Waals surface area (Å²) in [6.45, 7) is 1.24. The van der Waals surface area contributed by atoms with Crippen molar-refractivity contribution in [1.82, 2.24) is 24.4 Å². The van der Waals surface area contributed by atoms with Crippen LogP contribution in [-0.4, -0.2) is 50.0 Å². The lowest BCUT2D eigenvalue weighted by Gasteiger charge is -2.12. The second-order valence-electron chi connectivity index (χ2n) is 7.29. The van der Waals surface area contributed by atoms with E-state index in [1.807, 2.05) is 0 Å². The predicted molar refractivity (Wildman–Crippen MR) is 105 cm³/mol. The zero-order chi connectivity index (χ0) is 19.8. The molecule has 28 heavy (non-hydrogen) atoms. The molecule has 3 heterocycles. The molecule has 2 aliphatic rings. The van der Waals surface area contributed by atoms with Crippen molar-refractivity contribution in [3.05, 3.63) is 26.7 Å². The summed E-state index contributed by atoms with van der Waals surface area (Å²) in [4.78, 5) is 46.3. The van der Waals surface area contributed by atoms with Gasteiger partial charge in [0.1, 0.15) is 16.2 Å². The predicted octanol–water partition coefficient (Wildman–Crippen LogP) is 0.292. The molecule has 0 aromatic carbocycles. The third-order valence-electron chi connectivity index (χ3n) is 5.12. The first kappa shape index (κ1) is 19.1. The van der Waals surface area contributed by atoms with Crippen LogP contribution in [0.2, 0.25) is 0 Å². The Morgan fingerprint density at radius 2 is 2.00 bits per heavy atom. The molecule has 9 nitrogen and oxygen atoms in total. The van der Waals surface area contributed by atoms with Crippen molar-refractivity contribution < 1.29 is 9.53 Å². The first-order chi connectivity index (χ1) is 13.5. The number of carbonyl (C=O) groups excluding carboxylic acids is 1. The highest BCUT2D eigenvalue weighted by molar-refractivity contribution is 8.00. The lowest BCUT2D eigenvalue weighted by atomic mass is 10.2. The highest BCUT2D eigenvalue weighted by Crippen LogP contribution is 2.39. The van der Waals surface area contributed by atoms with E-state index in [-0.39, 0.29) is 29.1 Å². The summed E-state index contributed by atoms with van der Waals surface area (Å²) in [7, 11) is 3.03. The number of ether oxygens (including phenoxy) is 1. The van der Waals surface area contributed by atoms with Crippen molar-refractivity contribution >= 4 is 28.7 Å². The summed E-state index contributed by atoms with van der Waals surface area (Å²) >= 11 is 1.20. The summed E-state index contributed by atoms with van der Waals surface area (Å²) in [6.07, 6.45) is 4.05. The SMILES string of the molecule is Cn1c(=O)c2c(SCC(=O)NC[C@@H]3CCCO3)nc(C3CC3)nc2n(C)c1=O. The molecule has 150 valence electrons. The summed E-state index contributed by atoms with van der Waals surface area (Å²) in [6, 6.07) is 0. The normalized spacial score (nSPS) is 19.3. The number of thioether (sulfide) groups is 1. The fourth-order valence-corrected chi connectivity index (χ4v) is 4.14. The molecule has 1 saturated heterocycles. The van der Waals surface area contributed by atoms with Gasteiger partial charge in [-0.05, 0) is 25.7 Å². The number of hydrogen-bond acceptors (Lipinski definition) is 7. The Balaban J connectivity index is 1.60. The number of amides is 1. The van der Waals surface area contributed by atoms with Crippen LogP contribution in [0.4, 0.5) is 0 Å². The van der Waals surface area contributed by atoms with Gasteiger partial charge in [-0.1, -0.05) is 11.8 Å². The van der Waals surface area contributed by atoms with E-state index in [9.17, 15) is 14.4 Å². The van der Waals surface area contributed by atoms with Crippen LogP contribution in [0.5, 0.6) is 0 Å². The maximum Gasteiger partial charge on any atom is 0.332 e. The van der Waals surface area contributed by atoms with Gasteiger partial charge in [0.2, 0.25) is 5.91 Å². The third-order valence-corrected chi connectivity index (χ3v) is 6.09. The van der Waals surface area contributed by atoms with Crippen molar-refractivity contribution in [2.45, 2.75) is 42.7 Å². The Hall–Kier alpha value is -2.20. The Morgan fingerprint density at radius 3 is 2.68 bits per heavy atom. The molecule has 1 aliphatic carbocycles. The number of carbonyl (C=O) groups is 1. The molecule has 1 saturated carbocycles. The Kier molecular flexibility index (Phi) is 5.24. The number of aromatic nitrogens is 4. The lowest BCUT2D eigenvalue weighted by Crippen LogP contribution is -2.38. The van der Waals surface area contributed by atoms with Crippen LogP contribution in [0.25, 0.3) is 11.0 Å². The number of hydrogen-bond donors (Lipinski definition) is 1. The van der Waals surface area contributed by atoms with Crippen LogP contribution >= 0.6 is 11.8 Å². The van der Waals surface area contributed by atoms with E-state index in [0.717, 1.165) is 36.9 Å². The summed E-state index contributed by atoms with van der Waals surface area (Å²) in [5.41, 5.74) is -0.543. The van der Waals surface area contributed by atoms with E-state index < -0.39 is 11.2 Å². The molecule has 0 unspecified atom stereocenters. The largest absolute Gasteiger partial charge is 0.376 e. The minimum absolute atomic E-state index is 0.0807. The van der Waals surface area contributed by atoms with Crippen molar-refractivity contribution in [2.24, 2.45) is 14.1 Å². The summed E-state index contributed by atoms with van der Waals surface area (Å²) in [5, 5.41) is 3.61. The van der Waals surface area contributed by atoms with Gasteiger partial charge in [0.15, 0.2) is 5.65 Å². The van der Waals surface area contributed by atoms with E-state index in [0.29, 0.717) is 23.0 Å². The highest BCUT2D eigenvalue weighted by atomic mass is 32.2. The van der Waals surface area contributed by atoms with Crippen LogP contribution in [0.15, 0.2) is 14.6 Å². The fourth-order valence-electron chi connectivity index (χ4n) is 3.29. The van der Waals surface area contributed by atoms with Crippen molar-refractivity contribution in [3.63, 3.8) is 0 Å². The molecule has 2 aromatic rings. The van der Waals surface area contributed by atoms with Crippen LogP contribution < -0.4 is 16.6 Å². The Labute approximate surface area is 165 Å². The molecule has 1 amide bonds. The van der Waals surface area contributed by atoms with E-state index >= 15 is 0 Å². The molecule has 10 heteroatoms. The molecule has 0 radical (unpaired) electrons. The van der Waals surface area contributed by atoms with E-state index in [2.05, 4.69) is 15.3 Å². The molecule has 0 bridgehead atoms. The fraction of sp³-hybridized carbons (Fsp3) is 0.611. The van der Waals surface area contributed by atoms with Gasteiger partial charge >= 0.3 is 5.69 Å². The standard InChI is InChI=1S/C18H23N5O4S/c1-22-15-13(17(25)23(2)18(22)26)16(21-14(20-15)10-5-6-10)28-9-12(24)19-8-11-4-3-7-27-11/h10-11H,3-9H2,1-2H3,(H,19,24)/t11-/m0/s1. The van der Waals surface area contributed by atoms with E-state index in [1.165, 1.54) is 23.4 Å². The van der Waals surface area contributed by atoms with Crippen molar-refractivity contribution in [2.75, 3.05) is 18.9 Å². The van der Waals surface area contributed by atoms with Gasteiger partial charge in [-0.15, -0.1) is 0 Å². The monoisotopic (exact) mass is 405 g/mol. The number of fused-ring (bicyclic) bond motifs is 1. The molecule has 2 aromatic heterocycles. The molecule has 1 N–H and O–H groups in total. The van der Waals surface area contributed by atoms with Gasteiger partial charge in [0.05, 0.1) is 11.9 Å². The van der Waals surface area contributed by atoms with E-state index in [1.54, 1.807) is 7.05 Å². The third kappa shape index (κ3) is 3.70. The zero-order valence-corrected chi connectivity index (χ0v) is 16.8. The minimum Gasteiger partial charge on any atom is -0.376 e. The van der Waals surface area contributed by atoms with Gasteiger partial charge in [-0.2, -0.15) is 0 Å². The minimum atomic E-state index is -0.442. The zero-order valence-electron chi connectivity index (χ0n) is 15.9. The van der Waals surface area contributed by atoms with Gasteiger partial charge in [-0.3, -0.25) is 18.7 Å².